The summed E-state index contributed by atoms with van der Waals surface area (Å²) in [7, 11) is 3.22. The zero-order valence-electron chi connectivity index (χ0n) is 33.7. The van der Waals surface area contributed by atoms with Crippen molar-refractivity contribution in [2.24, 2.45) is 22.9 Å². The fraction of sp³-hybridized carbons (Fsp3) is 0.457. The Bertz CT molecular complexity index is 1930. The molecule has 0 saturated heterocycles. The van der Waals surface area contributed by atoms with Gasteiger partial charge in [0.2, 0.25) is 5.79 Å². The third-order valence-corrected chi connectivity index (χ3v) is 11.5. The highest BCUT2D eigenvalue weighted by Crippen LogP contribution is 2.62. The number of allylic oxidation sites excluding steroid dienone is 1. The lowest BCUT2D eigenvalue weighted by atomic mass is 9.55. The van der Waals surface area contributed by atoms with E-state index < -0.39 is 23.8 Å². The van der Waals surface area contributed by atoms with Gasteiger partial charge in [-0.15, -0.1) is 6.58 Å². The first-order valence-corrected chi connectivity index (χ1v) is 20.3. The number of amides is 1. The molecule has 1 fully saturated rings. The molecule has 0 unspecified atom stereocenters. The van der Waals surface area contributed by atoms with Crippen molar-refractivity contribution in [2.45, 2.75) is 76.2 Å². The molecule has 2 aliphatic carbocycles. The number of rotatable bonds is 20. The number of fused-ring (bicyclic) bond motifs is 2. The maximum absolute atomic E-state index is 14.1. The van der Waals surface area contributed by atoms with E-state index in [1.165, 1.54) is 7.11 Å². The standard InChI is InChI=1S/C46H56N2O10/c1-5-24-55-46-42(48(3)45(52)54-30-31-14-8-7-9-15-31)28-39(47-56-6-2)37-26-32(16-10-12-22-49)36(17-11-13-23-50)43(44(37)46)38-27-35(19-21-41(38)58-46)57-34-18-20-40(53-4)33(25-34)29-51/h5,7-9,14-15,18-21,25-27,29,32,36,42-44,49-50H,1,6,10-13,16-17,22-24,28,30H2,2-4H3/t32-,36+,42-,43+,44+,46+/m0/s1. The molecule has 12 nitrogen and oxygen atoms in total. The lowest BCUT2D eigenvalue weighted by molar-refractivity contribution is -0.253. The van der Waals surface area contributed by atoms with Gasteiger partial charge in [0, 0.05) is 38.2 Å². The van der Waals surface area contributed by atoms with Crippen LogP contribution in [0.5, 0.6) is 23.0 Å². The molecular weight excluding hydrogens is 741 g/mol. The minimum absolute atomic E-state index is 0.0358. The van der Waals surface area contributed by atoms with Gasteiger partial charge in [0.25, 0.3) is 0 Å². The summed E-state index contributed by atoms with van der Waals surface area (Å²) in [6.07, 6.45) is 8.94. The van der Waals surface area contributed by atoms with Crippen molar-refractivity contribution in [1.29, 1.82) is 0 Å². The Balaban J connectivity index is 1.52. The van der Waals surface area contributed by atoms with E-state index in [0.29, 0.717) is 53.7 Å². The monoisotopic (exact) mass is 796 g/mol. The number of oxime groups is 1. The van der Waals surface area contributed by atoms with Gasteiger partial charge in [-0.2, -0.15) is 0 Å². The van der Waals surface area contributed by atoms with Crippen molar-refractivity contribution in [3.63, 3.8) is 0 Å². The van der Waals surface area contributed by atoms with Crippen LogP contribution in [-0.4, -0.2) is 85.6 Å². The third-order valence-electron chi connectivity index (χ3n) is 11.5. The molecule has 58 heavy (non-hydrogen) atoms. The Morgan fingerprint density at radius 1 is 1.02 bits per heavy atom. The van der Waals surface area contributed by atoms with Crippen LogP contribution in [0.4, 0.5) is 4.79 Å². The maximum atomic E-state index is 14.1. The number of unbranched alkanes of at least 4 members (excludes halogenated alkanes) is 2. The molecule has 0 aromatic heterocycles. The maximum Gasteiger partial charge on any atom is 0.410 e. The fourth-order valence-corrected chi connectivity index (χ4v) is 8.89. The van der Waals surface area contributed by atoms with E-state index in [1.807, 2.05) is 55.5 Å². The Hall–Kier alpha value is -5.17. The second-order valence-electron chi connectivity index (χ2n) is 15.0. The zero-order chi connectivity index (χ0) is 41.1. The summed E-state index contributed by atoms with van der Waals surface area (Å²) >= 11 is 0. The molecule has 1 amide bonds. The number of likely N-dealkylation sites (N-methyl/N-ethyl adjacent to an activating group) is 1. The van der Waals surface area contributed by atoms with Gasteiger partial charge in [0.05, 0.1) is 30.9 Å². The smallest absolute Gasteiger partial charge is 0.410 e. The van der Waals surface area contributed by atoms with Gasteiger partial charge in [-0.05, 0) is 92.0 Å². The average Bonchev–Trinajstić information content (AvgIpc) is 3.25. The molecule has 3 aromatic rings. The van der Waals surface area contributed by atoms with Crippen LogP contribution < -0.4 is 14.2 Å². The molecule has 12 heteroatoms. The molecule has 3 aliphatic rings. The molecule has 1 aliphatic heterocycles. The molecule has 6 atom stereocenters. The number of aldehydes is 1. The van der Waals surface area contributed by atoms with Crippen molar-refractivity contribution < 1.29 is 48.3 Å². The van der Waals surface area contributed by atoms with Gasteiger partial charge in [0.15, 0.2) is 6.29 Å². The number of carbonyl (C=O) groups excluding carboxylic acids is 2. The second-order valence-corrected chi connectivity index (χ2v) is 15.0. The molecule has 0 spiro atoms. The first-order valence-electron chi connectivity index (χ1n) is 20.3. The van der Waals surface area contributed by atoms with Crippen LogP contribution in [0.2, 0.25) is 0 Å². The summed E-state index contributed by atoms with van der Waals surface area (Å²) < 4.78 is 31.8. The molecule has 0 bridgehead atoms. The van der Waals surface area contributed by atoms with E-state index in [-0.39, 0.29) is 50.6 Å². The Morgan fingerprint density at radius 3 is 2.47 bits per heavy atom. The summed E-state index contributed by atoms with van der Waals surface area (Å²) in [4.78, 5) is 33.3. The van der Waals surface area contributed by atoms with Gasteiger partial charge < -0.3 is 43.6 Å². The van der Waals surface area contributed by atoms with E-state index in [1.54, 1.807) is 36.2 Å². The normalized spacial score (nSPS) is 23.7. The van der Waals surface area contributed by atoms with Crippen LogP contribution in [0, 0.1) is 17.8 Å². The number of nitrogens with zero attached hydrogens (tertiary/aromatic N) is 2. The predicted octanol–water partition coefficient (Wildman–Crippen LogP) is 8.22. The highest BCUT2D eigenvalue weighted by atomic mass is 16.7. The number of benzene rings is 3. The van der Waals surface area contributed by atoms with Gasteiger partial charge in [-0.1, -0.05) is 60.5 Å². The number of aliphatic hydroxyl groups is 2. The first-order chi connectivity index (χ1) is 28.3. The third kappa shape index (κ3) is 9.09. The predicted molar refractivity (Wildman–Crippen MR) is 219 cm³/mol. The number of carbonyl (C=O) groups is 2. The molecule has 310 valence electrons. The summed E-state index contributed by atoms with van der Waals surface area (Å²) in [5, 5.41) is 24.4. The van der Waals surface area contributed by atoms with Crippen LogP contribution in [0.1, 0.15) is 79.3 Å². The molecule has 6 rings (SSSR count). The Kier molecular flexibility index (Phi) is 14.6. The number of hydrogen-bond acceptors (Lipinski definition) is 11. The van der Waals surface area contributed by atoms with Gasteiger partial charge in [0.1, 0.15) is 42.3 Å². The van der Waals surface area contributed by atoms with Crippen LogP contribution >= 0.6 is 0 Å². The van der Waals surface area contributed by atoms with Crippen LogP contribution in [0.25, 0.3) is 0 Å². The van der Waals surface area contributed by atoms with Gasteiger partial charge >= 0.3 is 6.09 Å². The molecular formula is C46H56N2O10. The van der Waals surface area contributed by atoms with Crippen molar-refractivity contribution in [1.82, 2.24) is 4.90 Å². The van der Waals surface area contributed by atoms with Gasteiger partial charge in [-0.3, -0.25) is 4.79 Å². The van der Waals surface area contributed by atoms with Crippen LogP contribution in [0.15, 0.2) is 96.2 Å². The fourth-order valence-electron chi connectivity index (χ4n) is 8.89. The van der Waals surface area contributed by atoms with Crippen molar-refractivity contribution >= 4 is 18.1 Å². The highest BCUT2D eigenvalue weighted by molar-refractivity contribution is 6.03. The summed E-state index contributed by atoms with van der Waals surface area (Å²) in [5.74, 6) is 0.0268. The van der Waals surface area contributed by atoms with E-state index in [0.717, 1.165) is 48.7 Å². The van der Waals surface area contributed by atoms with Crippen molar-refractivity contribution in [3.8, 4) is 23.0 Å². The molecule has 1 saturated carbocycles. The number of aliphatic hydroxyl groups excluding tert-OH is 2. The Labute approximate surface area is 341 Å². The topological polar surface area (TPSA) is 146 Å². The van der Waals surface area contributed by atoms with Crippen molar-refractivity contribution in [3.05, 3.63) is 108 Å². The van der Waals surface area contributed by atoms with Crippen molar-refractivity contribution in [2.75, 3.05) is 40.6 Å². The summed E-state index contributed by atoms with van der Waals surface area (Å²) in [5.41, 5.74) is 3.75. The number of hydrogen-bond donors (Lipinski definition) is 2. The molecule has 0 radical (unpaired) electrons. The number of methoxy groups -OCH3 is 1. The lowest BCUT2D eigenvalue weighted by Crippen LogP contribution is -2.69. The number of ether oxygens (including phenoxy) is 5. The first kappa shape index (κ1) is 42.4. The Morgan fingerprint density at radius 2 is 1.76 bits per heavy atom. The van der Waals surface area contributed by atoms with E-state index in [9.17, 15) is 19.8 Å². The quantitative estimate of drug-likeness (QED) is 0.0497. The molecule has 2 N–H and O–H groups in total. The minimum Gasteiger partial charge on any atom is -0.496 e. The van der Waals surface area contributed by atoms with Gasteiger partial charge in [-0.25, -0.2) is 4.79 Å². The second kappa shape index (κ2) is 20.0. The summed E-state index contributed by atoms with van der Waals surface area (Å²) in [6, 6.07) is 19.6. The average molecular weight is 797 g/mol. The largest absolute Gasteiger partial charge is 0.496 e. The van der Waals surface area contributed by atoms with Crippen LogP contribution in [-0.2, 0) is 20.9 Å². The molecule has 3 aromatic carbocycles. The van der Waals surface area contributed by atoms with Crippen LogP contribution in [0.3, 0.4) is 0 Å². The van der Waals surface area contributed by atoms with E-state index in [4.69, 9.17) is 33.7 Å². The van der Waals surface area contributed by atoms with E-state index >= 15 is 0 Å². The zero-order valence-corrected chi connectivity index (χ0v) is 33.7. The summed E-state index contributed by atoms with van der Waals surface area (Å²) in [6.45, 7) is 6.61. The SMILES string of the molecule is C=CCO[C@@]12Oc3ccc(Oc4ccc(OC)c(C=O)c4)cc3[C@H]3[C@H](CCCCO)[C@@H](CCCCO)C=C(C(=NOCC)C[C@@H]1N(C)C(=O)OCc1ccccc1)[C@H]32. The highest BCUT2D eigenvalue weighted by Gasteiger charge is 2.65. The van der Waals surface area contributed by atoms with E-state index in [2.05, 4.69) is 12.7 Å². The minimum atomic E-state index is -1.41. The molecule has 1 heterocycles. The lowest BCUT2D eigenvalue weighted by Gasteiger charge is -2.59.